The highest BCUT2D eigenvalue weighted by molar-refractivity contribution is 5.77. The lowest BCUT2D eigenvalue weighted by Gasteiger charge is -1.99. The molecule has 0 aliphatic heterocycles. The summed E-state index contributed by atoms with van der Waals surface area (Å²) in [6, 6.07) is 10.5. The van der Waals surface area contributed by atoms with Crippen molar-refractivity contribution in [2.24, 2.45) is 0 Å². The van der Waals surface area contributed by atoms with Crippen LogP contribution in [0.5, 0.6) is 0 Å². The van der Waals surface area contributed by atoms with Crippen LogP contribution in [-0.4, -0.2) is 0 Å². The average Bonchev–Trinajstić information content (AvgIpc) is 2.18. The molecule has 2 rings (SSSR count). The average molecular weight is 170 g/mol. The summed E-state index contributed by atoms with van der Waals surface area (Å²) in [7, 11) is 0. The van der Waals surface area contributed by atoms with E-state index in [2.05, 4.69) is 0 Å². The number of fused-ring (bicyclic) bond motifs is 1. The zero-order chi connectivity index (χ0) is 9.26. The number of rotatable bonds is 0. The van der Waals surface area contributed by atoms with Crippen LogP contribution < -0.4 is 4.73 Å². The molecule has 0 atom stereocenters. The molecular formula is C10H6N2O. The largest absolute Gasteiger partial charge is 0.618 e. The predicted molar refractivity (Wildman–Crippen MR) is 47.6 cm³/mol. The Morgan fingerprint density at radius 1 is 1.31 bits per heavy atom. The van der Waals surface area contributed by atoms with E-state index in [1.807, 2.05) is 12.1 Å². The summed E-state index contributed by atoms with van der Waals surface area (Å²) in [6.07, 6.45) is 1.44. The molecule has 3 nitrogen and oxygen atoms in total. The zero-order valence-corrected chi connectivity index (χ0v) is 6.77. The maximum absolute atomic E-state index is 11.2. The van der Waals surface area contributed by atoms with E-state index in [-0.39, 0.29) is 0 Å². The molecule has 3 heteroatoms. The maximum Gasteiger partial charge on any atom is 0.223 e. The van der Waals surface area contributed by atoms with Gasteiger partial charge in [-0.05, 0) is 18.2 Å². The highest BCUT2D eigenvalue weighted by Gasteiger charge is 2.02. The van der Waals surface area contributed by atoms with Crippen LogP contribution in [0.2, 0.25) is 0 Å². The first-order valence-corrected chi connectivity index (χ1v) is 3.83. The highest BCUT2D eigenvalue weighted by Crippen LogP contribution is 2.10. The summed E-state index contributed by atoms with van der Waals surface area (Å²) >= 11 is 0. The molecule has 0 aliphatic carbocycles. The van der Waals surface area contributed by atoms with Crippen molar-refractivity contribution >= 4 is 10.9 Å². The van der Waals surface area contributed by atoms with E-state index >= 15 is 0 Å². The van der Waals surface area contributed by atoms with E-state index in [0.29, 0.717) is 11.1 Å². The Bertz CT molecular complexity index is 500. The molecule has 13 heavy (non-hydrogen) atoms. The van der Waals surface area contributed by atoms with Crippen LogP contribution in [-0.2, 0) is 0 Å². The number of nitriles is 1. The Morgan fingerprint density at radius 2 is 2.15 bits per heavy atom. The second-order valence-corrected chi connectivity index (χ2v) is 2.72. The first-order chi connectivity index (χ1) is 6.31. The number of nitrogens with zero attached hydrogens (tertiary/aromatic N) is 2. The van der Waals surface area contributed by atoms with Gasteiger partial charge in [-0.15, -0.1) is 0 Å². The van der Waals surface area contributed by atoms with Gasteiger partial charge in [0.2, 0.25) is 5.52 Å². The number of hydrogen-bond donors (Lipinski definition) is 0. The summed E-state index contributed by atoms with van der Waals surface area (Å²) in [4.78, 5) is 0. The topological polar surface area (TPSA) is 50.7 Å². The predicted octanol–water partition coefficient (Wildman–Crippen LogP) is 1.34. The molecule has 62 valence electrons. The fourth-order valence-electron chi connectivity index (χ4n) is 1.26. The van der Waals surface area contributed by atoms with Crippen LogP contribution in [0.15, 0.2) is 36.5 Å². The number of benzene rings is 1. The van der Waals surface area contributed by atoms with E-state index in [9.17, 15) is 5.21 Å². The molecule has 0 aliphatic rings. The minimum atomic E-state index is 0.568. The van der Waals surface area contributed by atoms with E-state index < -0.39 is 0 Å². The third-order valence-corrected chi connectivity index (χ3v) is 1.89. The van der Waals surface area contributed by atoms with E-state index in [0.717, 1.165) is 10.1 Å². The third-order valence-electron chi connectivity index (χ3n) is 1.89. The first kappa shape index (κ1) is 7.56. The molecule has 1 aromatic carbocycles. The van der Waals surface area contributed by atoms with Crippen LogP contribution in [0.1, 0.15) is 5.56 Å². The number of aromatic nitrogens is 1. The van der Waals surface area contributed by atoms with Gasteiger partial charge < -0.3 is 5.21 Å². The van der Waals surface area contributed by atoms with Crippen molar-refractivity contribution < 1.29 is 4.73 Å². The van der Waals surface area contributed by atoms with Gasteiger partial charge >= 0.3 is 0 Å². The number of pyridine rings is 1. The van der Waals surface area contributed by atoms with Gasteiger partial charge in [0.1, 0.15) is 0 Å². The fraction of sp³-hybridized carbons (Fsp3) is 0. The van der Waals surface area contributed by atoms with Crippen LogP contribution in [0.3, 0.4) is 0 Å². The summed E-state index contributed by atoms with van der Waals surface area (Å²) < 4.78 is 0.788. The van der Waals surface area contributed by atoms with Crippen molar-refractivity contribution in [3.05, 3.63) is 47.3 Å². The van der Waals surface area contributed by atoms with E-state index in [1.54, 1.807) is 24.3 Å². The van der Waals surface area contributed by atoms with Crippen LogP contribution in [0.4, 0.5) is 0 Å². The van der Waals surface area contributed by atoms with Crippen molar-refractivity contribution in [1.82, 2.24) is 0 Å². The van der Waals surface area contributed by atoms with Gasteiger partial charge in [-0.3, -0.25) is 0 Å². The molecule has 0 fully saturated rings. The van der Waals surface area contributed by atoms with Gasteiger partial charge in [-0.1, -0.05) is 0 Å². The van der Waals surface area contributed by atoms with Crippen molar-refractivity contribution in [3.63, 3.8) is 0 Å². The molecule has 0 unspecified atom stereocenters. The molecular weight excluding hydrogens is 164 g/mol. The lowest BCUT2D eigenvalue weighted by Crippen LogP contribution is -2.25. The van der Waals surface area contributed by atoms with Gasteiger partial charge in [-0.25, -0.2) is 0 Å². The molecule has 0 amide bonds. The van der Waals surface area contributed by atoms with Gasteiger partial charge in [0.15, 0.2) is 6.20 Å². The van der Waals surface area contributed by atoms with Crippen LogP contribution >= 0.6 is 0 Å². The molecule has 1 heterocycles. The summed E-state index contributed by atoms with van der Waals surface area (Å²) in [6.45, 7) is 0. The molecule has 0 N–H and O–H groups in total. The van der Waals surface area contributed by atoms with Crippen LogP contribution in [0.25, 0.3) is 10.9 Å². The van der Waals surface area contributed by atoms with Gasteiger partial charge in [0.25, 0.3) is 0 Å². The monoisotopic (exact) mass is 170 g/mol. The smallest absolute Gasteiger partial charge is 0.223 e. The minimum absolute atomic E-state index is 0.568. The normalized spacial score (nSPS) is 9.77. The minimum Gasteiger partial charge on any atom is -0.618 e. The molecule has 0 spiro atoms. The van der Waals surface area contributed by atoms with Crippen molar-refractivity contribution in [3.8, 4) is 6.07 Å². The Labute approximate surface area is 75.0 Å². The summed E-state index contributed by atoms with van der Waals surface area (Å²) in [5.74, 6) is 0. The molecule has 0 radical (unpaired) electrons. The van der Waals surface area contributed by atoms with Crippen molar-refractivity contribution in [2.75, 3.05) is 0 Å². The Hall–Kier alpha value is -2.08. The third kappa shape index (κ3) is 1.18. The van der Waals surface area contributed by atoms with E-state index in [4.69, 9.17) is 5.26 Å². The second kappa shape index (κ2) is 2.76. The Morgan fingerprint density at radius 3 is 2.92 bits per heavy atom. The Kier molecular flexibility index (Phi) is 1.60. The fourth-order valence-corrected chi connectivity index (χ4v) is 1.26. The Balaban J connectivity index is 2.82. The van der Waals surface area contributed by atoms with E-state index in [1.165, 1.54) is 6.20 Å². The molecule has 0 saturated carbocycles. The summed E-state index contributed by atoms with van der Waals surface area (Å²) in [5, 5.41) is 20.6. The zero-order valence-electron chi connectivity index (χ0n) is 6.77. The lowest BCUT2D eigenvalue weighted by atomic mass is 10.1. The first-order valence-electron chi connectivity index (χ1n) is 3.83. The number of hydrogen-bond acceptors (Lipinski definition) is 2. The lowest BCUT2D eigenvalue weighted by molar-refractivity contribution is -0.577. The van der Waals surface area contributed by atoms with Gasteiger partial charge in [0.05, 0.1) is 11.6 Å². The van der Waals surface area contributed by atoms with Crippen molar-refractivity contribution in [2.45, 2.75) is 0 Å². The molecule has 0 bridgehead atoms. The summed E-state index contributed by atoms with van der Waals surface area (Å²) in [5.41, 5.74) is 1.15. The van der Waals surface area contributed by atoms with Crippen LogP contribution in [0, 0.1) is 16.5 Å². The highest BCUT2D eigenvalue weighted by atomic mass is 16.5. The quantitative estimate of drug-likeness (QED) is 0.442. The molecule has 2 aromatic rings. The van der Waals surface area contributed by atoms with Crippen molar-refractivity contribution in [1.29, 1.82) is 5.26 Å². The standard InChI is InChI=1S/C10H6N2O/c11-7-8-3-4-10-9(6-8)2-1-5-12(10)13/h1-6H. The van der Waals surface area contributed by atoms with Gasteiger partial charge in [-0.2, -0.15) is 9.99 Å². The van der Waals surface area contributed by atoms with Gasteiger partial charge in [0, 0.05) is 17.5 Å². The SMILES string of the molecule is N#Cc1ccc2c(ccc[n+]2[O-])c1. The molecule has 1 aromatic heterocycles. The second-order valence-electron chi connectivity index (χ2n) is 2.72. The maximum atomic E-state index is 11.2. The molecule has 0 saturated heterocycles.